The number of ether oxygens (including phenoxy) is 3. The number of aliphatic hydroxyl groups excluding tert-OH is 1. The summed E-state index contributed by atoms with van der Waals surface area (Å²) < 4.78 is 17.9. The molecule has 3 unspecified atom stereocenters. The van der Waals surface area contributed by atoms with Crippen molar-refractivity contribution in [2.24, 2.45) is 40.4 Å². The Labute approximate surface area is 184 Å². The molecule has 1 saturated heterocycles. The van der Waals surface area contributed by atoms with Crippen molar-refractivity contribution >= 4 is 5.78 Å². The highest BCUT2D eigenvalue weighted by molar-refractivity contribution is 5.89. The normalized spacial score (nSPS) is 59.3. The van der Waals surface area contributed by atoms with Crippen LogP contribution >= 0.6 is 0 Å². The van der Waals surface area contributed by atoms with E-state index in [0.29, 0.717) is 25.2 Å². The van der Waals surface area contributed by atoms with Crippen LogP contribution in [0.4, 0.5) is 0 Å². The fraction of sp³-hybridized carbons (Fsp3) is 0.958. The van der Waals surface area contributed by atoms with E-state index in [4.69, 9.17) is 14.2 Å². The Balaban J connectivity index is 1.63. The molecule has 0 aromatic carbocycles. The Morgan fingerprint density at radius 1 is 1.19 bits per heavy atom. The van der Waals surface area contributed by atoms with Crippen LogP contribution in [0.1, 0.15) is 32.6 Å². The minimum atomic E-state index is -1.09. The van der Waals surface area contributed by atoms with Gasteiger partial charge in [-0.2, -0.15) is 0 Å². The molecule has 5 aliphatic carbocycles. The highest BCUT2D eigenvalue weighted by Gasteiger charge is 2.86. The predicted molar refractivity (Wildman–Crippen MR) is 111 cm³/mol. The molecule has 0 aromatic rings. The third-order valence-electron chi connectivity index (χ3n) is 10.9. The number of piperidine rings is 1. The lowest BCUT2D eigenvalue weighted by atomic mass is 9.44. The van der Waals surface area contributed by atoms with Crippen LogP contribution in [0.15, 0.2) is 0 Å². The van der Waals surface area contributed by atoms with Gasteiger partial charge in [-0.25, -0.2) is 0 Å². The standard InChI is InChI=1S/C24H37NO6/c1-5-25-10-22(11-29-2)7-6-15(26)24-13-8-12-14(30-3)9-23(28,16(13)18(12)27)17(21(24)25)19(31-4)20(22)24/h12-14,16-21,27-28H,5-11H2,1-4H3/t12-,13-,14?,16-,17+,18?,19?,20-,21-,22+,23-,24+/m1/s1. The summed E-state index contributed by atoms with van der Waals surface area (Å²) >= 11 is 0. The molecule has 1 heterocycles. The van der Waals surface area contributed by atoms with Crippen LogP contribution in [-0.2, 0) is 19.0 Å². The summed E-state index contributed by atoms with van der Waals surface area (Å²) in [5, 5.41) is 23.8. The van der Waals surface area contributed by atoms with Crippen molar-refractivity contribution in [3.8, 4) is 0 Å². The Hall–Kier alpha value is -0.570. The summed E-state index contributed by atoms with van der Waals surface area (Å²) in [7, 11) is 5.17. The first-order valence-corrected chi connectivity index (χ1v) is 12.1. The molecule has 6 rings (SSSR count). The Bertz CT molecular complexity index is 792. The van der Waals surface area contributed by atoms with Crippen LogP contribution in [0, 0.1) is 40.4 Å². The van der Waals surface area contributed by atoms with Gasteiger partial charge in [-0.05, 0) is 25.3 Å². The summed E-state index contributed by atoms with van der Waals surface area (Å²) in [5.41, 5.74) is -1.84. The van der Waals surface area contributed by atoms with Crippen LogP contribution in [0.5, 0.6) is 0 Å². The van der Waals surface area contributed by atoms with E-state index in [0.717, 1.165) is 25.9 Å². The first-order chi connectivity index (χ1) is 14.9. The van der Waals surface area contributed by atoms with Crippen molar-refractivity contribution in [2.45, 2.75) is 62.6 Å². The SMILES string of the molecule is CCN1C[C@]2(COC)CCC(=O)[C@@]34[C@@H]5C[C@@H]6C(OC)C[C@@](O)([C@H]5C6O)[C@@H](C(OC)[C@H]23)[C@@H]14. The number of hydrogen-bond acceptors (Lipinski definition) is 7. The fourth-order valence-corrected chi connectivity index (χ4v) is 10.4. The maximum Gasteiger partial charge on any atom is 0.141 e. The van der Waals surface area contributed by atoms with Crippen LogP contribution in [0.3, 0.4) is 0 Å². The zero-order chi connectivity index (χ0) is 21.9. The number of ketones is 1. The van der Waals surface area contributed by atoms with Gasteiger partial charge in [0.15, 0.2) is 0 Å². The summed E-state index contributed by atoms with van der Waals surface area (Å²) in [5.74, 6) is -0.198. The van der Waals surface area contributed by atoms with Gasteiger partial charge < -0.3 is 24.4 Å². The van der Waals surface area contributed by atoms with Gasteiger partial charge in [-0.1, -0.05) is 6.92 Å². The molecule has 6 aliphatic rings. The number of fused-ring (bicyclic) bond motifs is 2. The lowest BCUT2D eigenvalue weighted by Gasteiger charge is -2.66. The van der Waals surface area contributed by atoms with Gasteiger partial charge in [-0.15, -0.1) is 0 Å². The maximum absolute atomic E-state index is 14.1. The quantitative estimate of drug-likeness (QED) is 0.658. The van der Waals surface area contributed by atoms with Crippen molar-refractivity contribution < 1.29 is 29.2 Å². The van der Waals surface area contributed by atoms with E-state index >= 15 is 0 Å². The molecule has 12 atom stereocenters. The number of carbonyl (C=O) groups is 1. The molecule has 31 heavy (non-hydrogen) atoms. The lowest BCUT2D eigenvalue weighted by Crippen LogP contribution is -2.75. The number of rotatable bonds is 5. The third kappa shape index (κ3) is 2.07. The van der Waals surface area contributed by atoms with Crippen molar-refractivity contribution in [3.63, 3.8) is 0 Å². The zero-order valence-corrected chi connectivity index (χ0v) is 19.1. The van der Waals surface area contributed by atoms with Gasteiger partial charge in [0.05, 0.1) is 35.9 Å². The van der Waals surface area contributed by atoms with Crippen LogP contribution in [-0.4, -0.2) is 91.9 Å². The van der Waals surface area contributed by atoms with E-state index in [9.17, 15) is 15.0 Å². The molecule has 174 valence electrons. The first-order valence-electron chi connectivity index (χ1n) is 12.1. The third-order valence-corrected chi connectivity index (χ3v) is 10.9. The van der Waals surface area contributed by atoms with Crippen molar-refractivity contribution in [3.05, 3.63) is 0 Å². The molecule has 7 nitrogen and oxygen atoms in total. The Morgan fingerprint density at radius 3 is 2.61 bits per heavy atom. The number of nitrogens with zero attached hydrogens (tertiary/aromatic N) is 1. The number of carbonyl (C=O) groups excluding carboxylic acids is 1. The van der Waals surface area contributed by atoms with Crippen molar-refractivity contribution in [1.82, 2.24) is 4.90 Å². The molecule has 0 aromatic heterocycles. The van der Waals surface area contributed by atoms with Crippen LogP contribution in [0.2, 0.25) is 0 Å². The minimum absolute atomic E-state index is 0.0163. The van der Waals surface area contributed by atoms with Crippen molar-refractivity contribution in [2.75, 3.05) is 41.0 Å². The molecule has 0 amide bonds. The van der Waals surface area contributed by atoms with Gasteiger partial charge in [0.2, 0.25) is 0 Å². The molecule has 1 aliphatic heterocycles. The number of aliphatic hydroxyl groups is 2. The number of methoxy groups -OCH3 is 3. The summed E-state index contributed by atoms with van der Waals surface area (Å²) in [6.45, 7) is 4.47. The van der Waals surface area contributed by atoms with E-state index in [2.05, 4.69) is 11.8 Å². The average molecular weight is 436 g/mol. The van der Waals surface area contributed by atoms with E-state index in [1.165, 1.54) is 0 Å². The molecule has 2 N–H and O–H groups in total. The highest BCUT2D eigenvalue weighted by atomic mass is 16.5. The van der Waals surface area contributed by atoms with E-state index in [-0.39, 0.29) is 53.3 Å². The minimum Gasteiger partial charge on any atom is -0.392 e. The monoisotopic (exact) mass is 435 g/mol. The van der Waals surface area contributed by atoms with E-state index in [1.807, 2.05) is 0 Å². The summed E-state index contributed by atoms with van der Waals surface area (Å²) in [6, 6.07) is -0.0435. The Kier molecular flexibility index (Phi) is 4.41. The van der Waals surface area contributed by atoms with E-state index < -0.39 is 17.1 Å². The molecule has 7 heteroatoms. The molecule has 5 saturated carbocycles. The molecular formula is C24H37NO6. The van der Waals surface area contributed by atoms with Gasteiger partial charge >= 0.3 is 0 Å². The molecule has 0 radical (unpaired) electrons. The van der Waals surface area contributed by atoms with Gasteiger partial charge in [0.25, 0.3) is 0 Å². The topological polar surface area (TPSA) is 88.5 Å². The number of Topliss-reactive ketones (excluding diaryl/α,β-unsaturated/α-hetero) is 1. The molecule has 7 bridgehead atoms. The van der Waals surface area contributed by atoms with Gasteiger partial charge in [0, 0.05) is 75.8 Å². The summed E-state index contributed by atoms with van der Waals surface area (Å²) in [4.78, 5) is 16.6. The number of hydrogen-bond donors (Lipinski definition) is 2. The smallest absolute Gasteiger partial charge is 0.141 e. The fourth-order valence-electron chi connectivity index (χ4n) is 10.4. The first kappa shape index (κ1) is 21.0. The maximum atomic E-state index is 14.1. The summed E-state index contributed by atoms with van der Waals surface area (Å²) in [6.07, 6.45) is 1.59. The average Bonchev–Trinajstić information content (AvgIpc) is 3.16. The molecular weight excluding hydrogens is 398 g/mol. The lowest BCUT2D eigenvalue weighted by molar-refractivity contribution is -0.240. The second-order valence-electron chi connectivity index (χ2n) is 11.4. The van der Waals surface area contributed by atoms with Gasteiger partial charge in [0.1, 0.15) is 5.78 Å². The molecule has 6 fully saturated rings. The van der Waals surface area contributed by atoms with Crippen LogP contribution in [0.25, 0.3) is 0 Å². The van der Waals surface area contributed by atoms with Crippen LogP contribution < -0.4 is 0 Å². The second kappa shape index (κ2) is 6.51. The molecule has 1 spiro atoms. The number of likely N-dealkylation sites (tertiary alicyclic amines) is 1. The Morgan fingerprint density at radius 2 is 1.97 bits per heavy atom. The van der Waals surface area contributed by atoms with Crippen molar-refractivity contribution in [1.29, 1.82) is 0 Å². The highest BCUT2D eigenvalue weighted by Crippen LogP contribution is 2.78. The zero-order valence-electron chi connectivity index (χ0n) is 19.1. The van der Waals surface area contributed by atoms with Gasteiger partial charge in [-0.3, -0.25) is 9.69 Å². The van der Waals surface area contributed by atoms with E-state index in [1.54, 1.807) is 21.3 Å². The predicted octanol–water partition coefficient (Wildman–Crippen LogP) is 0.710. The largest absolute Gasteiger partial charge is 0.392 e. The second-order valence-corrected chi connectivity index (χ2v) is 11.4.